The summed E-state index contributed by atoms with van der Waals surface area (Å²) in [6.45, 7) is 4.54. The molecule has 8 N–H and O–H groups in total. The van der Waals surface area contributed by atoms with E-state index in [2.05, 4.69) is 10.6 Å². The molecule has 0 saturated heterocycles. The lowest BCUT2D eigenvalue weighted by atomic mass is 10.0. The molecule has 0 aliphatic carbocycles. The molecule has 0 fully saturated rings. The van der Waals surface area contributed by atoms with Crippen LogP contribution in [0.3, 0.4) is 0 Å². The van der Waals surface area contributed by atoms with Gasteiger partial charge in [0.15, 0.2) is 0 Å². The van der Waals surface area contributed by atoms with Crippen LogP contribution in [0.2, 0.25) is 0 Å². The van der Waals surface area contributed by atoms with Crippen LogP contribution in [0.4, 0.5) is 0 Å². The molecule has 0 heterocycles. The van der Waals surface area contributed by atoms with E-state index in [0.29, 0.717) is 6.42 Å². The fourth-order valence-corrected chi connectivity index (χ4v) is 2.83. The van der Waals surface area contributed by atoms with Crippen LogP contribution in [0, 0.1) is 0 Å². The summed E-state index contributed by atoms with van der Waals surface area (Å²) in [6.07, 6.45) is -0.0521. The number of carbonyl (C=O) groups excluding carboxylic acids is 2. The first-order chi connectivity index (χ1) is 11.0. The molecule has 24 heavy (non-hydrogen) atoms. The molecule has 0 saturated carbocycles. The van der Waals surface area contributed by atoms with Gasteiger partial charge in [-0.05, 0) is 24.8 Å². The molecule has 0 rings (SSSR count). The van der Waals surface area contributed by atoms with Crippen molar-refractivity contribution in [2.75, 3.05) is 0 Å². The van der Waals surface area contributed by atoms with Gasteiger partial charge in [-0.25, -0.2) is 0 Å². The third kappa shape index (κ3) is 6.12. The Balaban J connectivity index is 5.48. The van der Waals surface area contributed by atoms with E-state index >= 15 is 0 Å². The summed E-state index contributed by atoms with van der Waals surface area (Å²) >= 11 is 0. The van der Waals surface area contributed by atoms with Crippen LogP contribution in [0.1, 0.15) is 40.0 Å². The molecule has 5 atom stereocenters. The monoisotopic (exact) mass is 365 g/mol. The highest BCUT2D eigenvalue weighted by molar-refractivity contribution is 7.40. The zero-order valence-corrected chi connectivity index (χ0v) is 14.9. The van der Waals surface area contributed by atoms with Gasteiger partial charge in [-0.15, -0.1) is 0 Å². The first-order valence-electron chi connectivity index (χ1n) is 7.49. The van der Waals surface area contributed by atoms with Crippen LogP contribution >= 0.6 is 8.03 Å². The molecule has 2 amide bonds. The molecule has 3 unspecified atom stereocenters. The Bertz CT molecular complexity index is 499. The minimum atomic E-state index is -3.14. The van der Waals surface area contributed by atoms with Crippen molar-refractivity contribution in [1.82, 2.24) is 10.6 Å². The number of hydrogen-bond donors (Lipinski definition) is 6. The first-order valence-corrected chi connectivity index (χ1v) is 8.70. The summed E-state index contributed by atoms with van der Waals surface area (Å²) in [4.78, 5) is 44.7. The van der Waals surface area contributed by atoms with Gasteiger partial charge in [-0.2, -0.15) is 4.89 Å². The van der Waals surface area contributed by atoms with Gasteiger partial charge in [-0.3, -0.25) is 14.4 Å². The second-order valence-corrected chi connectivity index (χ2v) is 7.03. The van der Waals surface area contributed by atoms with Crippen LogP contribution < -0.4 is 22.1 Å². The minimum Gasteiger partial charge on any atom is -0.481 e. The minimum absolute atomic E-state index is 0.245. The van der Waals surface area contributed by atoms with Crippen LogP contribution in [0.15, 0.2) is 0 Å². The molecule has 0 aliphatic heterocycles. The maximum Gasteiger partial charge on any atom is 0.536 e. The summed E-state index contributed by atoms with van der Waals surface area (Å²) in [5.74, 6) is -2.75. The second kappa shape index (κ2) is 9.63. The van der Waals surface area contributed by atoms with Crippen molar-refractivity contribution >= 4 is 25.8 Å². The Labute approximate surface area is 141 Å². The Morgan fingerprint density at radius 3 is 2.08 bits per heavy atom. The number of carboxylic acids is 1. The van der Waals surface area contributed by atoms with Gasteiger partial charge in [0, 0.05) is 0 Å². The van der Waals surface area contributed by atoms with Gasteiger partial charge in [0.1, 0.15) is 12.5 Å². The average Bonchev–Trinajstić information content (AvgIpc) is 2.44. The Kier molecular flexibility index (Phi) is 8.98. The second-order valence-electron chi connectivity index (χ2n) is 5.68. The first kappa shape index (κ1) is 22.4. The molecular formula is C13H26N4O6P+. The van der Waals surface area contributed by atoms with Gasteiger partial charge in [0.25, 0.3) is 5.28 Å². The molecule has 0 aromatic rings. The molecule has 138 valence electrons. The average molecular weight is 365 g/mol. The topological polar surface area (TPSA) is 185 Å². The van der Waals surface area contributed by atoms with Crippen LogP contribution in [0.25, 0.3) is 0 Å². The van der Waals surface area contributed by atoms with E-state index in [1.807, 2.05) is 0 Å². The zero-order chi connectivity index (χ0) is 19.1. The highest BCUT2D eigenvalue weighted by Gasteiger charge is 2.56. The maximum atomic E-state index is 12.4. The maximum absolute atomic E-state index is 12.4. The molecule has 0 radical (unpaired) electrons. The van der Waals surface area contributed by atoms with Crippen molar-refractivity contribution in [2.45, 2.75) is 63.4 Å². The molecule has 10 nitrogen and oxygen atoms in total. The fraction of sp³-hybridized carbons (Fsp3) is 0.769. The number of hydrogen-bond acceptors (Lipinski definition) is 6. The third-order valence-corrected chi connectivity index (χ3v) is 4.84. The van der Waals surface area contributed by atoms with Gasteiger partial charge in [-0.1, -0.05) is 13.3 Å². The quantitative estimate of drug-likeness (QED) is 0.266. The Morgan fingerprint density at radius 2 is 1.75 bits per heavy atom. The van der Waals surface area contributed by atoms with Crippen LogP contribution in [0.5, 0.6) is 0 Å². The molecule has 0 aromatic carbocycles. The van der Waals surface area contributed by atoms with Gasteiger partial charge in [0.2, 0.25) is 11.8 Å². The molecule has 11 heteroatoms. The van der Waals surface area contributed by atoms with E-state index in [1.54, 1.807) is 6.92 Å². The number of carbonyl (C=O) groups is 3. The lowest BCUT2D eigenvalue weighted by Crippen LogP contribution is -2.61. The zero-order valence-electron chi connectivity index (χ0n) is 14.0. The fourth-order valence-electron chi connectivity index (χ4n) is 2.00. The van der Waals surface area contributed by atoms with E-state index in [4.69, 9.17) is 16.6 Å². The van der Waals surface area contributed by atoms with Crippen molar-refractivity contribution in [3.63, 3.8) is 0 Å². The lowest BCUT2D eigenvalue weighted by Gasteiger charge is -2.28. The van der Waals surface area contributed by atoms with Crippen LogP contribution in [-0.4, -0.2) is 51.2 Å². The number of nitrogens with one attached hydrogen (secondary N) is 2. The van der Waals surface area contributed by atoms with E-state index in [-0.39, 0.29) is 6.42 Å². The number of rotatable bonds is 10. The van der Waals surface area contributed by atoms with Crippen molar-refractivity contribution in [3.05, 3.63) is 0 Å². The largest absolute Gasteiger partial charge is 0.536 e. The van der Waals surface area contributed by atoms with Gasteiger partial charge >= 0.3 is 14.0 Å². The van der Waals surface area contributed by atoms with Gasteiger partial charge < -0.3 is 27.2 Å². The number of amides is 2. The molecule has 0 bridgehead atoms. The highest BCUT2D eigenvalue weighted by atomic mass is 31.1. The number of carboxylic acid groups (broad SMARTS) is 1. The Hall–Kier alpha value is -1.61. The normalized spacial score (nSPS) is 17.8. The van der Waals surface area contributed by atoms with Gasteiger partial charge in [0.05, 0.1) is 12.1 Å². The smallest absolute Gasteiger partial charge is 0.481 e. The molecule has 0 spiro atoms. The Morgan fingerprint density at radius 1 is 1.21 bits per heavy atom. The van der Waals surface area contributed by atoms with Crippen molar-refractivity contribution in [3.8, 4) is 0 Å². The summed E-state index contributed by atoms with van der Waals surface area (Å²) in [5.41, 5.74) is 11.1. The molecule has 0 aliphatic rings. The summed E-state index contributed by atoms with van der Waals surface area (Å²) in [5, 5.41) is 11.6. The SMILES string of the molecule is CCC[C@H](NC(=O)[C@H](C)N)C(=O)NC(CC(=O)O)(C(C)N)[P+](=O)O. The lowest BCUT2D eigenvalue weighted by molar-refractivity contribution is -0.139. The number of nitrogens with two attached hydrogens (primary N) is 2. The summed E-state index contributed by atoms with van der Waals surface area (Å²) in [6, 6.07) is -2.98. The van der Waals surface area contributed by atoms with Crippen LogP contribution in [-0.2, 0) is 18.9 Å². The number of aliphatic carboxylic acids is 1. The van der Waals surface area contributed by atoms with Crippen molar-refractivity contribution in [2.24, 2.45) is 11.5 Å². The summed E-state index contributed by atoms with van der Waals surface area (Å²) in [7, 11) is -3.14. The third-order valence-electron chi connectivity index (χ3n) is 3.48. The van der Waals surface area contributed by atoms with E-state index in [1.165, 1.54) is 13.8 Å². The predicted octanol–water partition coefficient (Wildman–Crippen LogP) is -1.01. The summed E-state index contributed by atoms with van der Waals surface area (Å²) < 4.78 is 11.7. The molecule has 0 aromatic heterocycles. The molecular weight excluding hydrogens is 339 g/mol. The highest BCUT2D eigenvalue weighted by Crippen LogP contribution is 2.38. The predicted molar refractivity (Wildman–Crippen MR) is 87.1 cm³/mol. The van der Waals surface area contributed by atoms with E-state index in [9.17, 15) is 23.8 Å². The van der Waals surface area contributed by atoms with E-state index in [0.717, 1.165) is 0 Å². The standard InChI is InChI=1S/C13H25N4O6P/c1-4-5-9(16-11(20)7(2)14)12(21)17-13(8(3)15,24(22)23)6-10(18)19/h7-9H,4-6,14-15H2,1-3H3,(H3-,16,17,18,19,20,21,22,23)/p+1/t7-,8?,9-,13?/m0/s1. The van der Waals surface area contributed by atoms with Crippen molar-refractivity contribution in [1.29, 1.82) is 0 Å². The van der Waals surface area contributed by atoms with E-state index < -0.39 is 55.6 Å². The van der Waals surface area contributed by atoms with Crippen molar-refractivity contribution < 1.29 is 28.9 Å².